The van der Waals surface area contributed by atoms with Gasteiger partial charge in [-0.15, -0.1) is 12.4 Å². The third kappa shape index (κ3) is 5.14. The van der Waals surface area contributed by atoms with Gasteiger partial charge < -0.3 is 10.6 Å². The number of nitrogens with zero attached hydrogens (tertiary/aromatic N) is 1. The molecule has 1 rings (SSSR count). The lowest BCUT2D eigenvalue weighted by molar-refractivity contribution is -0.134. The third-order valence-corrected chi connectivity index (χ3v) is 3.52. The van der Waals surface area contributed by atoms with Crippen molar-refractivity contribution < 1.29 is 4.79 Å². The molecule has 0 aromatic heterocycles. The van der Waals surface area contributed by atoms with Gasteiger partial charge in [-0.25, -0.2) is 0 Å². The average molecular weight is 299 g/mol. The molecule has 0 bridgehead atoms. The van der Waals surface area contributed by atoms with Crippen molar-refractivity contribution in [1.29, 1.82) is 0 Å². The van der Waals surface area contributed by atoms with E-state index in [1.54, 1.807) is 6.92 Å². The van der Waals surface area contributed by atoms with Crippen molar-refractivity contribution >= 4 is 18.3 Å². The highest BCUT2D eigenvalue weighted by molar-refractivity contribution is 5.85. The first-order valence-electron chi connectivity index (χ1n) is 7.11. The summed E-state index contributed by atoms with van der Waals surface area (Å²) < 4.78 is 0. The molecule has 0 saturated carbocycles. The molecule has 1 aromatic rings. The highest BCUT2D eigenvalue weighted by Gasteiger charge is 2.23. The summed E-state index contributed by atoms with van der Waals surface area (Å²) in [5.74, 6) is 0.0430. The molecule has 0 fully saturated rings. The van der Waals surface area contributed by atoms with Gasteiger partial charge in [-0.3, -0.25) is 4.79 Å². The Morgan fingerprint density at radius 1 is 1.25 bits per heavy atom. The van der Waals surface area contributed by atoms with Crippen LogP contribution in [0.15, 0.2) is 24.3 Å². The molecule has 0 aliphatic carbocycles. The Kier molecular flexibility index (Phi) is 8.51. The molecule has 0 aliphatic rings. The second-order valence-corrected chi connectivity index (χ2v) is 5.16. The second kappa shape index (κ2) is 8.98. The third-order valence-electron chi connectivity index (χ3n) is 3.52. The number of amides is 1. The number of likely N-dealkylation sites (N-methyl/N-ethyl adjacent to an activating group) is 1. The van der Waals surface area contributed by atoms with Crippen molar-refractivity contribution in [2.24, 2.45) is 5.73 Å². The Morgan fingerprint density at radius 2 is 1.80 bits per heavy atom. The number of carbonyl (C=O) groups is 1. The van der Waals surface area contributed by atoms with Crippen LogP contribution in [-0.4, -0.2) is 29.4 Å². The highest BCUT2D eigenvalue weighted by atomic mass is 35.5. The van der Waals surface area contributed by atoms with Gasteiger partial charge in [0.25, 0.3) is 0 Å². The summed E-state index contributed by atoms with van der Waals surface area (Å²) >= 11 is 0. The maximum Gasteiger partial charge on any atom is 0.239 e. The summed E-state index contributed by atoms with van der Waals surface area (Å²) in [7, 11) is 0. The summed E-state index contributed by atoms with van der Waals surface area (Å²) in [6, 6.07) is 8.32. The van der Waals surface area contributed by atoms with E-state index in [0.717, 1.165) is 12.8 Å². The average Bonchev–Trinajstić information content (AvgIpc) is 2.40. The molecule has 3 nitrogen and oxygen atoms in total. The quantitative estimate of drug-likeness (QED) is 0.878. The van der Waals surface area contributed by atoms with Gasteiger partial charge in [0.1, 0.15) is 0 Å². The molecule has 4 heteroatoms. The van der Waals surface area contributed by atoms with E-state index in [9.17, 15) is 4.79 Å². The Bertz CT molecular complexity index is 403. The zero-order valence-electron chi connectivity index (χ0n) is 12.9. The standard InChI is InChI=1S/C16H26N2O.ClH/c1-5-15(18(6-2)16(19)13(4)17)11-14-9-7-12(3)8-10-14;/h7-10,13,15H,5-6,11,17H2,1-4H3;1H/t13-,15?;/m0./s1. The number of halogens is 1. The lowest BCUT2D eigenvalue weighted by atomic mass is 10.0. The van der Waals surface area contributed by atoms with Gasteiger partial charge in [-0.2, -0.15) is 0 Å². The van der Waals surface area contributed by atoms with Crippen LogP contribution in [0.2, 0.25) is 0 Å². The zero-order chi connectivity index (χ0) is 14.4. The van der Waals surface area contributed by atoms with E-state index in [4.69, 9.17) is 5.73 Å². The van der Waals surface area contributed by atoms with Crippen molar-refractivity contribution in [3.8, 4) is 0 Å². The number of nitrogens with two attached hydrogens (primary N) is 1. The van der Waals surface area contributed by atoms with Crippen LogP contribution >= 0.6 is 12.4 Å². The van der Waals surface area contributed by atoms with Gasteiger partial charge in [0.05, 0.1) is 6.04 Å². The molecule has 0 radical (unpaired) electrons. The maximum absolute atomic E-state index is 12.1. The van der Waals surface area contributed by atoms with E-state index in [1.165, 1.54) is 11.1 Å². The van der Waals surface area contributed by atoms with E-state index in [1.807, 2.05) is 11.8 Å². The molecule has 20 heavy (non-hydrogen) atoms. The molecular formula is C16H27ClN2O. The molecule has 1 unspecified atom stereocenters. The fraction of sp³-hybridized carbons (Fsp3) is 0.562. The molecule has 1 aromatic carbocycles. The van der Waals surface area contributed by atoms with Gasteiger partial charge in [0, 0.05) is 12.6 Å². The number of rotatable bonds is 6. The molecular weight excluding hydrogens is 272 g/mol. The monoisotopic (exact) mass is 298 g/mol. The summed E-state index contributed by atoms with van der Waals surface area (Å²) in [4.78, 5) is 14.0. The van der Waals surface area contributed by atoms with E-state index in [-0.39, 0.29) is 24.4 Å². The summed E-state index contributed by atoms with van der Waals surface area (Å²) in [6.07, 6.45) is 1.84. The van der Waals surface area contributed by atoms with Crippen molar-refractivity contribution in [3.05, 3.63) is 35.4 Å². The summed E-state index contributed by atoms with van der Waals surface area (Å²) in [6.45, 7) is 8.68. The normalized spacial score (nSPS) is 13.2. The number of benzene rings is 1. The van der Waals surface area contributed by atoms with Crippen molar-refractivity contribution in [2.45, 2.75) is 52.6 Å². The maximum atomic E-state index is 12.1. The highest BCUT2D eigenvalue weighted by Crippen LogP contribution is 2.14. The fourth-order valence-corrected chi connectivity index (χ4v) is 2.33. The van der Waals surface area contributed by atoms with Gasteiger partial charge >= 0.3 is 0 Å². The Morgan fingerprint density at radius 3 is 2.20 bits per heavy atom. The van der Waals surface area contributed by atoms with Gasteiger partial charge in [-0.05, 0) is 39.2 Å². The minimum atomic E-state index is -0.424. The largest absolute Gasteiger partial charge is 0.338 e. The number of hydrogen-bond donors (Lipinski definition) is 1. The number of carbonyl (C=O) groups excluding carboxylic acids is 1. The first kappa shape index (κ1) is 18.9. The topological polar surface area (TPSA) is 46.3 Å². The lowest BCUT2D eigenvalue weighted by Gasteiger charge is -2.31. The van der Waals surface area contributed by atoms with Crippen LogP contribution in [0, 0.1) is 6.92 Å². The Balaban J connectivity index is 0.00000361. The molecule has 0 heterocycles. The SMILES string of the molecule is CCC(Cc1ccc(C)cc1)N(CC)C(=O)[C@H](C)N.Cl. The summed E-state index contributed by atoms with van der Waals surface area (Å²) in [5, 5.41) is 0. The second-order valence-electron chi connectivity index (χ2n) is 5.16. The molecule has 0 spiro atoms. The molecule has 0 aliphatic heterocycles. The van der Waals surface area contributed by atoms with E-state index in [2.05, 4.69) is 38.1 Å². The minimum absolute atomic E-state index is 0. The van der Waals surface area contributed by atoms with Crippen molar-refractivity contribution in [1.82, 2.24) is 4.90 Å². The Labute approximate surface area is 128 Å². The zero-order valence-corrected chi connectivity index (χ0v) is 13.7. The van der Waals surface area contributed by atoms with E-state index in [0.29, 0.717) is 6.54 Å². The van der Waals surface area contributed by atoms with Crippen LogP contribution in [-0.2, 0) is 11.2 Å². The Hall–Kier alpha value is -1.06. The minimum Gasteiger partial charge on any atom is -0.338 e. The van der Waals surface area contributed by atoms with Crippen molar-refractivity contribution in [2.75, 3.05) is 6.54 Å². The van der Waals surface area contributed by atoms with Crippen LogP contribution in [0.25, 0.3) is 0 Å². The first-order valence-corrected chi connectivity index (χ1v) is 7.11. The smallest absolute Gasteiger partial charge is 0.239 e. The van der Waals surface area contributed by atoms with Gasteiger partial charge in [0.2, 0.25) is 5.91 Å². The van der Waals surface area contributed by atoms with Crippen LogP contribution in [0.4, 0.5) is 0 Å². The van der Waals surface area contributed by atoms with Crippen LogP contribution in [0.1, 0.15) is 38.3 Å². The van der Waals surface area contributed by atoms with Gasteiger partial charge in [-0.1, -0.05) is 36.8 Å². The molecule has 114 valence electrons. The lowest BCUT2D eigenvalue weighted by Crippen LogP contribution is -2.48. The van der Waals surface area contributed by atoms with Gasteiger partial charge in [0.15, 0.2) is 0 Å². The molecule has 2 atom stereocenters. The van der Waals surface area contributed by atoms with E-state index >= 15 is 0 Å². The number of hydrogen-bond acceptors (Lipinski definition) is 2. The first-order chi connectivity index (χ1) is 8.99. The van der Waals surface area contributed by atoms with Crippen molar-refractivity contribution in [3.63, 3.8) is 0 Å². The molecule has 0 saturated heterocycles. The predicted molar refractivity (Wildman–Crippen MR) is 87.2 cm³/mol. The number of aryl methyl sites for hydroxylation is 1. The fourth-order valence-electron chi connectivity index (χ4n) is 2.33. The molecule has 2 N–H and O–H groups in total. The van der Waals surface area contributed by atoms with Crippen LogP contribution in [0.3, 0.4) is 0 Å². The summed E-state index contributed by atoms with van der Waals surface area (Å²) in [5.41, 5.74) is 8.26. The van der Waals surface area contributed by atoms with Crippen LogP contribution < -0.4 is 5.73 Å². The van der Waals surface area contributed by atoms with Crippen LogP contribution in [0.5, 0.6) is 0 Å². The molecule has 1 amide bonds. The predicted octanol–water partition coefficient (Wildman–Crippen LogP) is 2.93. The van der Waals surface area contributed by atoms with E-state index < -0.39 is 6.04 Å².